The Hall–Kier alpha value is -2.04. The summed E-state index contributed by atoms with van der Waals surface area (Å²) in [4.78, 5) is 24.9. The van der Waals surface area contributed by atoms with Crippen molar-refractivity contribution in [1.82, 2.24) is 10.2 Å². The lowest BCUT2D eigenvalue weighted by molar-refractivity contribution is -0.122. The summed E-state index contributed by atoms with van der Waals surface area (Å²) in [6.07, 6.45) is 0. The Balaban J connectivity index is 2.64. The van der Waals surface area contributed by atoms with Gasteiger partial charge in [0.1, 0.15) is 0 Å². The highest BCUT2D eigenvalue weighted by molar-refractivity contribution is 5.97. The fraction of sp³-hybridized carbons (Fsp3) is 0.385. The van der Waals surface area contributed by atoms with E-state index in [1.54, 1.807) is 31.3 Å². The number of nitrogen functional groups attached to an aromatic ring is 1. The van der Waals surface area contributed by atoms with Crippen molar-refractivity contribution in [3.63, 3.8) is 0 Å². The van der Waals surface area contributed by atoms with Crippen LogP contribution in [0.4, 0.5) is 5.69 Å². The zero-order chi connectivity index (χ0) is 13.7. The first-order valence-electron chi connectivity index (χ1n) is 5.80. The molecule has 0 heterocycles. The number of carbonyl (C=O) groups excluding carboxylic acids is 2. The third-order valence-electron chi connectivity index (χ3n) is 2.31. The molecule has 1 rings (SSSR count). The molecule has 0 bridgehead atoms. The SMILES string of the molecule is CC(C)NC(=O)CN(C)C(=O)c1cccc(N)c1. The molecule has 0 aliphatic rings. The molecule has 2 amide bonds. The molecule has 0 aromatic heterocycles. The van der Waals surface area contributed by atoms with Crippen molar-refractivity contribution in [1.29, 1.82) is 0 Å². The second kappa shape index (κ2) is 6.05. The van der Waals surface area contributed by atoms with Crippen molar-refractivity contribution in [3.8, 4) is 0 Å². The minimum absolute atomic E-state index is 0.0335. The van der Waals surface area contributed by atoms with Gasteiger partial charge in [0.2, 0.25) is 5.91 Å². The standard InChI is InChI=1S/C13H19N3O2/c1-9(2)15-12(17)8-16(3)13(18)10-5-4-6-11(14)7-10/h4-7,9H,8,14H2,1-3H3,(H,15,17). The van der Waals surface area contributed by atoms with Crippen molar-refractivity contribution in [2.75, 3.05) is 19.3 Å². The first-order valence-corrected chi connectivity index (χ1v) is 5.80. The fourth-order valence-electron chi connectivity index (χ4n) is 1.55. The van der Waals surface area contributed by atoms with Crippen LogP contribution in [0.5, 0.6) is 0 Å². The lowest BCUT2D eigenvalue weighted by atomic mass is 10.2. The number of benzene rings is 1. The molecule has 0 aliphatic heterocycles. The van der Waals surface area contributed by atoms with Gasteiger partial charge in [-0.1, -0.05) is 6.07 Å². The normalized spacial score (nSPS) is 10.2. The highest BCUT2D eigenvalue weighted by atomic mass is 16.2. The second-order valence-corrected chi connectivity index (χ2v) is 4.51. The van der Waals surface area contributed by atoms with Gasteiger partial charge in [-0.15, -0.1) is 0 Å². The molecule has 0 saturated carbocycles. The smallest absolute Gasteiger partial charge is 0.254 e. The van der Waals surface area contributed by atoms with E-state index in [1.165, 1.54) is 4.90 Å². The number of rotatable bonds is 4. The van der Waals surface area contributed by atoms with Crippen LogP contribution >= 0.6 is 0 Å². The van der Waals surface area contributed by atoms with Crippen LogP contribution in [0.1, 0.15) is 24.2 Å². The summed E-state index contributed by atoms with van der Waals surface area (Å²) in [7, 11) is 1.59. The van der Waals surface area contributed by atoms with E-state index in [-0.39, 0.29) is 24.4 Å². The van der Waals surface area contributed by atoms with Crippen molar-refractivity contribution >= 4 is 17.5 Å². The van der Waals surface area contributed by atoms with Crippen LogP contribution in [0, 0.1) is 0 Å². The van der Waals surface area contributed by atoms with E-state index in [4.69, 9.17) is 5.73 Å². The third-order valence-corrected chi connectivity index (χ3v) is 2.31. The van der Waals surface area contributed by atoms with Gasteiger partial charge in [-0.3, -0.25) is 9.59 Å². The maximum atomic E-state index is 12.0. The van der Waals surface area contributed by atoms with Gasteiger partial charge >= 0.3 is 0 Å². The van der Waals surface area contributed by atoms with Crippen LogP contribution in [0.3, 0.4) is 0 Å². The maximum Gasteiger partial charge on any atom is 0.254 e. The van der Waals surface area contributed by atoms with Gasteiger partial charge in [0.15, 0.2) is 0 Å². The zero-order valence-corrected chi connectivity index (χ0v) is 10.9. The average Bonchev–Trinajstić information content (AvgIpc) is 2.26. The molecule has 0 fully saturated rings. The summed E-state index contributed by atoms with van der Waals surface area (Å²) in [5.41, 5.74) is 6.62. The number of amides is 2. The summed E-state index contributed by atoms with van der Waals surface area (Å²) in [5, 5.41) is 2.73. The van der Waals surface area contributed by atoms with Crippen molar-refractivity contribution in [3.05, 3.63) is 29.8 Å². The monoisotopic (exact) mass is 249 g/mol. The number of hydrogen-bond acceptors (Lipinski definition) is 3. The summed E-state index contributed by atoms with van der Waals surface area (Å²) < 4.78 is 0. The Labute approximate surface area is 107 Å². The van der Waals surface area contributed by atoms with Crippen molar-refractivity contribution < 1.29 is 9.59 Å². The van der Waals surface area contributed by atoms with E-state index in [0.29, 0.717) is 11.3 Å². The minimum atomic E-state index is -0.221. The van der Waals surface area contributed by atoms with Crippen LogP contribution in [0.15, 0.2) is 24.3 Å². The van der Waals surface area contributed by atoms with Crippen molar-refractivity contribution in [2.45, 2.75) is 19.9 Å². The van der Waals surface area contributed by atoms with Gasteiger partial charge in [0.25, 0.3) is 5.91 Å². The molecule has 3 N–H and O–H groups in total. The molecule has 0 spiro atoms. The summed E-state index contributed by atoms with van der Waals surface area (Å²) in [5.74, 6) is -0.397. The lowest BCUT2D eigenvalue weighted by Gasteiger charge is -2.18. The summed E-state index contributed by atoms with van der Waals surface area (Å²) in [6, 6.07) is 6.76. The highest BCUT2D eigenvalue weighted by Gasteiger charge is 2.15. The number of nitrogens with one attached hydrogen (secondary N) is 1. The molecule has 0 radical (unpaired) electrons. The van der Waals surface area contributed by atoms with Gasteiger partial charge in [0, 0.05) is 24.3 Å². The maximum absolute atomic E-state index is 12.0. The summed E-state index contributed by atoms with van der Waals surface area (Å²) in [6.45, 7) is 3.78. The van der Waals surface area contributed by atoms with Crippen molar-refractivity contribution in [2.24, 2.45) is 0 Å². The molecule has 1 aromatic carbocycles. The minimum Gasteiger partial charge on any atom is -0.399 e. The quantitative estimate of drug-likeness (QED) is 0.777. The van der Waals surface area contributed by atoms with Gasteiger partial charge in [-0.2, -0.15) is 0 Å². The Morgan fingerprint density at radius 1 is 1.39 bits per heavy atom. The van der Waals surface area contributed by atoms with Crippen LogP contribution < -0.4 is 11.1 Å². The van der Waals surface area contributed by atoms with Gasteiger partial charge in [-0.05, 0) is 32.0 Å². The van der Waals surface area contributed by atoms with Gasteiger partial charge < -0.3 is 16.0 Å². The van der Waals surface area contributed by atoms with Gasteiger partial charge in [0.05, 0.1) is 6.54 Å². The largest absolute Gasteiger partial charge is 0.399 e. The average molecular weight is 249 g/mol. The Bertz CT molecular complexity index is 444. The molecule has 5 heteroatoms. The number of nitrogens with two attached hydrogens (primary N) is 1. The number of hydrogen-bond donors (Lipinski definition) is 2. The lowest BCUT2D eigenvalue weighted by Crippen LogP contribution is -2.40. The molecule has 0 atom stereocenters. The van der Waals surface area contributed by atoms with Crippen LogP contribution in [0.25, 0.3) is 0 Å². The van der Waals surface area contributed by atoms with E-state index in [1.807, 2.05) is 13.8 Å². The molecule has 0 aliphatic carbocycles. The number of anilines is 1. The predicted octanol–water partition coefficient (Wildman–Crippen LogP) is 0.865. The molecule has 0 unspecified atom stereocenters. The van der Waals surface area contributed by atoms with Gasteiger partial charge in [-0.25, -0.2) is 0 Å². The highest BCUT2D eigenvalue weighted by Crippen LogP contribution is 2.08. The molecule has 98 valence electrons. The molecular formula is C13H19N3O2. The van der Waals surface area contributed by atoms with E-state index >= 15 is 0 Å². The molecule has 5 nitrogen and oxygen atoms in total. The van der Waals surface area contributed by atoms with Crippen LogP contribution in [0.2, 0.25) is 0 Å². The Morgan fingerprint density at radius 3 is 2.61 bits per heavy atom. The topological polar surface area (TPSA) is 75.4 Å². The van der Waals surface area contributed by atoms with E-state index < -0.39 is 0 Å². The van der Waals surface area contributed by atoms with Crippen LogP contribution in [-0.4, -0.2) is 36.3 Å². The number of likely N-dealkylation sites (N-methyl/N-ethyl adjacent to an activating group) is 1. The molecule has 18 heavy (non-hydrogen) atoms. The van der Waals surface area contributed by atoms with E-state index in [2.05, 4.69) is 5.32 Å². The predicted molar refractivity (Wildman–Crippen MR) is 71.1 cm³/mol. The Kier molecular flexibility index (Phi) is 4.71. The zero-order valence-electron chi connectivity index (χ0n) is 10.9. The first kappa shape index (κ1) is 14.0. The first-order chi connectivity index (χ1) is 8.40. The molecule has 1 aromatic rings. The Morgan fingerprint density at radius 2 is 2.06 bits per heavy atom. The second-order valence-electron chi connectivity index (χ2n) is 4.51. The number of nitrogens with zero attached hydrogens (tertiary/aromatic N) is 1. The number of carbonyl (C=O) groups is 2. The summed E-state index contributed by atoms with van der Waals surface area (Å²) >= 11 is 0. The van der Waals surface area contributed by atoms with E-state index in [0.717, 1.165) is 0 Å². The third kappa shape index (κ3) is 4.08. The van der Waals surface area contributed by atoms with Crippen LogP contribution in [-0.2, 0) is 4.79 Å². The van der Waals surface area contributed by atoms with E-state index in [9.17, 15) is 9.59 Å². The molecule has 0 saturated heterocycles. The fourth-order valence-corrected chi connectivity index (χ4v) is 1.55. The molecular weight excluding hydrogens is 230 g/mol.